The summed E-state index contributed by atoms with van der Waals surface area (Å²) in [6, 6.07) is 9.16. The number of sulfonamides is 1. The van der Waals surface area contributed by atoms with E-state index < -0.39 is 15.8 Å². The van der Waals surface area contributed by atoms with Gasteiger partial charge < -0.3 is 5.32 Å². The van der Waals surface area contributed by atoms with Gasteiger partial charge in [-0.05, 0) is 61.2 Å². The molecule has 0 unspecified atom stereocenters. The first-order valence-corrected chi connectivity index (χ1v) is 9.79. The number of carbonyl (C=O) groups excluding carboxylic acids is 1. The van der Waals surface area contributed by atoms with Crippen LogP contribution in [-0.4, -0.2) is 27.1 Å². The molecule has 0 aromatic heterocycles. The molecular weight excluding hydrogens is 343 g/mol. The highest BCUT2D eigenvalue weighted by Gasteiger charge is 2.24. The number of fused-ring (bicyclic) bond motifs is 1. The van der Waals surface area contributed by atoms with E-state index in [-0.39, 0.29) is 5.91 Å². The first-order chi connectivity index (χ1) is 11.8. The topological polar surface area (TPSA) is 66.5 Å². The fourth-order valence-corrected chi connectivity index (χ4v) is 3.97. The lowest BCUT2D eigenvalue weighted by atomic mass is 10.0. The number of amides is 1. The molecule has 2 aromatic rings. The van der Waals surface area contributed by atoms with Crippen molar-refractivity contribution in [2.75, 3.05) is 22.4 Å². The largest absolute Gasteiger partial charge is 0.322 e. The Labute approximate surface area is 146 Å². The zero-order chi connectivity index (χ0) is 18.2. The molecule has 5 nitrogen and oxygen atoms in total. The molecule has 3 rings (SSSR count). The van der Waals surface area contributed by atoms with Crippen LogP contribution in [0.2, 0.25) is 0 Å². The molecule has 0 spiro atoms. The Hall–Kier alpha value is -2.41. The van der Waals surface area contributed by atoms with Crippen molar-refractivity contribution in [2.24, 2.45) is 0 Å². The van der Waals surface area contributed by atoms with E-state index in [0.29, 0.717) is 36.3 Å². The quantitative estimate of drug-likeness (QED) is 0.912. The second-order valence-corrected chi connectivity index (χ2v) is 8.10. The number of hydrogen-bond donors (Lipinski definition) is 1. The van der Waals surface area contributed by atoms with Gasteiger partial charge in [0, 0.05) is 17.8 Å². The summed E-state index contributed by atoms with van der Waals surface area (Å²) in [5.41, 5.74) is 3.03. The average Bonchev–Trinajstić information content (AvgIpc) is 2.56. The van der Waals surface area contributed by atoms with Crippen LogP contribution < -0.4 is 9.62 Å². The molecule has 1 aliphatic rings. The summed E-state index contributed by atoms with van der Waals surface area (Å²) in [6.45, 7) is 2.23. The second kappa shape index (κ2) is 6.48. The Balaban J connectivity index is 1.89. The number of halogens is 1. The van der Waals surface area contributed by atoms with Gasteiger partial charge in [0.15, 0.2) is 0 Å². The molecule has 7 heteroatoms. The predicted octanol–water partition coefficient (Wildman–Crippen LogP) is 3.10. The van der Waals surface area contributed by atoms with Crippen molar-refractivity contribution in [3.8, 4) is 0 Å². The van der Waals surface area contributed by atoms with Crippen LogP contribution in [0.25, 0.3) is 0 Å². The van der Waals surface area contributed by atoms with Crippen molar-refractivity contribution in [1.82, 2.24) is 0 Å². The molecule has 0 saturated carbocycles. The van der Waals surface area contributed by atoms with Gasteiger partial charge in [0.05, 0.1) is 11.9 Å². The molecule has 0 bridgehead atoms. The number of rotatable bonds is 3. The van der Waals surface area contributed by atoms with E-state index in [1.165, 1.54) is 22.7 Å². The van der Waals surface area contributed by atoms with E-state index in [9.17, 15) is 17.6 Å². The molecule has 132 valence electrons. The van der Waals surface area contributed by atoms with Crippen LogP contribution in [0.3, 0.4) is 0 Å². The zero-order valence-electron chi connectivity index (χ0n) is 14.0. The third-order valence-corrected chi connectivity index (χ3v) is 5.45. The van der Waals surface area contributed by atoms with E-state index in [1.807, 2.05) is 0 Å². The summed E-state index contributed by atoms with van der Waals surface area (Å²) in [7, 11) is -3.34. The van der Waals surface area contributed by atoms with E-state index in [1.54, 1.807) is 31.2 Å². The summed E-state index contributed by atoms with van der Waals surface area (Å²) in [5.74, 6) is -0.775. The van der Waals surface area contributed by atoms with Gasteiger partial charge in [-0.3, -0.25) is 9.10 Å². The second-order valence-electron chi connectivity index (χ2n) is 6.20. The lowest BCUT2D eigenvalue weighted by Crippen LogP contribution is -2.34. The summed E-state index contributed by atoms with van der Waals surface area (Å²) >= 11 is 0. The molecule has 0 atom stereocenters. The van der Waals surface area contributed by atoms with Crippen molar-refractivity contribution in [2.45, 2.75) is 19.8 Å². The summed E-state index contributed by atoms with van der Waals surface area (Å²) < 4.78 is 38.5. The normalized spacial score (nSPS) is 14.1. The highest BCUT2D eigenvalue weighted by Crippen LogP contribution is 2.30. The number of nitrogens with one attached hydrogen (secondary N) is 1. The van der Waals surface area contributed by atoms with Crippen molar-refractivity contribution in [3.05, 3.63) is 58.9 Å². The van der Waals surface area contributed by atoms with E-state index in [2.05, 4.69) is 5.32 Å². The van der Waals surface area contributed by atoms with Crippen LogP contribution >= 0.6 is 0 Å². The molecular formula is C18H19FN2O3S. The maximum atomic E-state index is 13.4. The molecule has 25 heavy (non-hydrogen) atoms. The molecule has 0 aliphatic carbocycles. The highest BCUT2D eigenvalue weighted by atomic mass is 32.2. The van der Waals surface area contributed by atoms with Crippen molar-refractivity contribution in [3.63, 3.8) is 0 Å². The smallest absolute Gasteiger partial charge is 0.255 e. The van der Waals surface area contributed by atoms with Gasteiger partial charge in [0.1, 0.15) is 5.82 Å². The minimum absolute atomic E-state index is 0.354. The lowest BCUT2D eigenvalue weighted by Gasteiger charge is -2.29. The van der Waals surface area contributed by atoms with Gasteiger partial charge >= 0.3 is 0 Å². The predicted molar refractivity (Wildman–Crippen MR) is 96.0 cm³/mol. The van der Waals surface area contributed by atoms with E-state index in [4.69, 9.17) is 0 Å². The van der Waals surface area contributed by atoms with E-state index >= 15 is 0 Å². The number of benzene rings is 2. The average molecular weight is 362 g/mol. The van der Waals surface area contributed by atoms with Gasteiger partial charge in [-0.2, -0.15) is 0 Å². The van der Waals surface area contributed by atoms with Crippen LogP contribution in [0.15, 0.2) is 36.4 Å². The van der Waals surface area contributed by atoms with Crippen LogP contribution in [-0.2, 0) is 16.4 Å². The monoisotopic (exact) mass is 362 g/mol. The van der Waals surface area contributed by atoms with Crippen molar-refractivity contribution in [1.29, 1.82) is 0 Å². The van der Waals surface area contributed by atoms with Crippen LogP contribution in [0.1, 0.15) is 27.9 Å². The molecule has 1 aliphatic heterocycles. The van der Waals surface area contributed by atoms with Crippen LogP contribution in [0.4, 0.5) is 15.8 Å². The summed E-state index contributed by atoms with van der Waals surface area (Å²) in [4.78, 5) is 12.5. The molecule has 1 heterocycles. The van der Waals surface area contributed by atoms with Gasteiger partial charge in [0.2, 0.25) is 10.0 Å². The zero-order valence-corrected chi connectivity index (χ0v) is 14.9. The maximum absolute atomic E-state index is 13.4. The lowest BCUT2D eigenvalue weighted by molar-refractivity contribution is 0.102. The third kappa shape index (κ3) is 3.66. The maximum Gasteiger partial charge on any atom is 0.255 e. The summed E-state index contributed by atoms with van der Waals surface area (Å²) in [6.07, 6.45) is 2.59. The minimum atomic E-state index is -3.34. The fraction of sp³-hybridized carbons (Fsp3) is 0.278. The molecule has 1 amide bonds. The third-order valence-electron chi connectivity index (χ3n) is 4.27. The van der Waals surface area contributed by atoms with Gasteiger partial charge in [-0.15, -0.1) is 0 Å². The molecule has 2 aromatic carbocycles. The van der Waals surface area contributed by atoms with Crippen LogP contribution in [0, 0.1) is 12.7 Å². The van der Waals surface area contributed by atoms with Gasteiger partial charge in [0.25, 0.3) is 5.91 Å². The Bertz CT molecular complexity index is 941. The number of aryl methyl sites for hydroxylation is 2. The minimum Gasteiger partial charge on any atom is -0.322 e. The SMILES string of the molecule is Cc1ccc(F)cc1NC(=O)c1ccc2c(c1)CCCN2S(C)(=O)=O. The first-order valence-electron chi connectivity index (χ1n) is 7.94. The molecule has 0 fully saturated rings. The van der Waals surface area contributed by atoms with Gasteiger partial charge in [-0.25, -0.2) is 12.8 Å². The van der Waals surface area contributed by atoms with Crippen molar-refractivity contribution < 1.29 is 17.6 Å². The Morgan fingerprint density at radius 2 is 1.96 bits per heavy atom. The molecule has 0 radical (unpaired) electrons. The van der Waals surface area contributed by atoms with Gasteiger partial charge in [-0.1, -0.05) is 6.07 Å². The Morgan fingerprint density at radius 3 is 2.68 bits per heavy atom. The van der Waals surface area contributed by atoms with Crippen molar-refractivity contribution >= 4 is 27.3 Å². The highest BCUT2D eigenvalue weighted by molar-refractivity contribution is 7.92. The Morgan fingerprint density at radius 1 is 1.20 bits per heavy atom. The number of anilines is 2. The first kappa shape index (κ1) is 17.4. The number of nitrogens with zero attached hydrogens (tertiary/aromatic N) is 1. The number of hydrogen-bond acceptors (Lipinski definition) is 3. The molecule has 0 saturated heterocycles. The van der Waals surface area contributed by atoms with E-state index in [0.717, 1.165) is 11.1 Å². The van der Waals surface area contributed by atoms with Crippen LogP contribution in [0.5, 0.6) is 0 Å². The number of carbonyl (C=O) groups is 1. The fourth-order valence-electron chi connectivity index (χ4n) is 2.97. The summed E-state index contributed by atoms with van der Waals surface area (Å²) in [5, 5.41) is 2.70. The Kier molecular flexibility index (Phi) is 4.51. The molecule has 1 N–H and O–H groups in total. The standard InChI is InChI=1S/C18H19FN2O3S/c1-12-5-7-15(19)11-16(12)20-18(22)14-6-8-17-13(10-14)4-3-9-21(17)25(2,23)24/h5-8,10-11H,3-4,9H2,1-2H3,(H,20,22).